The minimum atomic E-state index is -0.408. The molecule has 2 amide bonds. The Kier molecular flexibility index (Phi) is 5.35. The minimum Gasteiger partial charge on any atom is -0.486 e. The molecule has 9 nitrogen and oxygen atoms in total. The van der Waals surface area contributed by atoms with Crippen molar-refractivity contribution in [2.24, 2.45) is 0 Å². The molecule has 0 radical (unpaired) electrons. The summed E-state index contributed by atoms with van der Waals surface area (Å²) < 4.78 is 11.1. The van der Waals surface area contributed by atoms with Crippen LogP contribution in [0.25, 0.3) is 0 Å². The van der Waals surface area contributed by atoms with Gasteiger partial charge in [0.25, 0.3) is 0 Å². The van der Waals surface area contributed by atoms with Gasteiger partial charge in [-0.15, -0.1) is 0 Å². The van der Waals surface area contributed by atoms with E-state index in [0.717, 1.165) is 24.8 Å². The van der Waals surface area contributed by atoms with Crippen molar-refractivity contribution in [2.45, 2.75) is 25.4 Å². The number of nitrogens with zero attached hydrogens (tertiary/aromatic N) is 4. The maximum Gasteiger partial charge on any atom is 0.328 e. The molecule has 4 heterocycles. The highest BCUT2D eigenvalue weighted by Crippen LogP contribution is 2.27. The molecule has 1 N–H and O–H groups in total. The number of anilines is 2. The number of carbonyl (C=O) groups excluding carboxylic acids is 2. The zero-order valence-electron chi connectivity index (χ0n) is 15.6. The van der Waals surface area contributed by atoms with E-state index in [-0.39, 0.29) is 23.2 Å². The average Bonchev–Trinajstić information content (AvgIpc) is 3.26. The highest BCUT2D eigenvalue weighted by Gasteiger charge is 2.25. The third kappa shape index (κ3) is 4.02. The summed E-state index contributed by atoms with van der Waals surface area (Å²) in [4.78, 5) is 33.8. The standard InChI is InChI=1S/C20H19N5O4/c21-9-14-10-22-18(8-17(14)29-16-5-7-28-12-16)24-20(27)25-6-1-2-13-3-4-15(11-26)23-19(13)25/h3-4,8,10-11,16H,1-2,5-7,12H2,(H,22,24,27). The second kappa shape index (κ2) is 8.24. The van der Waals surface area contributed by atoms with Crippen molar-refractivity contribution in [3.63, 3.8) is 0 Å². The first-order valence-corrected chi connectivity index (χ1v) is 9.36. The number of amides is 2. The van der Waals surface area contributed by atoms with E-state index in [1.54, 1.807) is 6.07 Å². The van der Waals surface area contributed by atoms with Crippen molar-refractivity contribution in [3.05, 3.63) is 41.2 Å². The third-order valence-corrected chi connectivity index (χ3v) is 4.83. The van der Waals surface area contributed by atoms with Crippen LogP contribution in [-0.2, 0) is 11.2 Å². The zero-order chi connectivity index (χ0) is 20.2. The lowest BCUT2D eigenvalue weighted by atomic mass is 10.1. The third-order valence-electron chi connectivity index (χ3n) is 4.83. The van der Waals surface area contributed by atoms with Crippen molar-refractivity contribution in [2.75, 3.05) is 30.0 Å². The fraction of sp³-hybridized carbons (Fsp3) is 0.350. The van der Waals surface area contributed by atoms with Crippen LogP contribution in [0.3, 0.4) is 0 Å². The fourth-order valence-corrected chi connectivity index (χ4v) is 3.37. The Morgan fingerprint density at radius 2 is 2.34 bits per heavy atom. The molecule has 2 aromatic heterocycles. The van der Waals surface area contributed by atoms with Crippen LogP contribution < -0.4 is 15.0 Å². The number of aryl methyl sites for hydroxylation is 1. The summed E-state index contributed by atoms with van der Waals surface area (Å²) in [7, 11) is 0. The van der Waals surface area contributed by atoms with E-state index in [0.29, 0.717) is 37.6 Å². The van der Waals surface area contributed by atoms with E-state index in [4.69, 9.17) is 9.47 Å². The molecule has 4 rings (SSSR count). The number of hydrogen-bond donors (Lipinski definition) is 1. The van der Waals surface area contributed by atoms with E-state index in [9.17, 15) is 14.9 Å². The number of hydrogen-bond acceptors (Lipinski definition) is 7. The summed E-state index contributed by atoms with van der Waals surface area (Å²) in [6.07, 6.45) is 4.22. The van der Waals surface area contributed by atoms with Gasteiger partial charge in [-0.1, -0.05) is 6.07 Å². The van der Waals surface area contributed by atoms with Crippen molar-refractivity contribution >= 4 is 24.0 Å². The molecule has 1 unspecified atom stereocenters. The average molecular weight is 393 g/mol. The molecular weight excluding hydrogens is 374 g/mol. The summed E-state index contributed by atoms with van der Waals surface area (Å²) >= 11 is 0. The second-order valence-electron chi connectivity index (χ2n) is 6.80. The number of aromatic nitrogens is 2. The van der Waals surface area contributed by atoms with Gasteiger partial charge in [0.15, 0.2) is 6.29 Å². The molecule has 1 fully saturated rings. The molecule has 0 bridgehead atoms. The van der Waals surface area contributed by atoms with Gasteiger partial charge in [0.1, 0.15) is 40.8 Å². The number of rotatable bonds is 4. The Bertz CT molecular complexity index is 981. The summed E-state index contributed by atoms with van der Waals surface area (Å²) in [6.45, 7) is 1.56. The zero-order valence-corrected chi connectivity index (χ0v) is 15.6. The molecule has 0 aromatic carbocycles. The topological polar surface area (TPSA) is 117 Å². The largest absolute Gasteiger partial charge is 0.486 e. The number of aldehydes is 1. The molecule has 0 spiro atoms. The van der Waals surface area contributed by atoms with Crippen LogP contribution in [0.1, 0.15) is 34.5 Å². The van der Waals surface area contributed by atoms with Crippen LogP contribution in [0.15, 0.2) is 24.4 Å². The van der Waals surface area contributed by atoms with E-state index in [1.807, 2.05) is 12.1 Å². The molecule has 2 aliphatic heterocycles. The van der Waals surface area contributed by atoms with Crippen LogP contribution in [0.5, 0.6) is 5.75 Å². The predicted octanol–water partition coefficient (Wildman–Crippen LogP) is 2.31. The molecule has 9 heteroatoms. The Morgan fingerprint density at radius 1 is 1.45 bits per heavy atom. The maximum atomic E-state index is 12.9. The van der Waals surface area contributed by atoms with Crippen LogP contribution in [0.2, 0.25) is 0 Å². The Labute approximate surface area is 167 Å². The molecule has 29 heavy (non-hydrogen) atoms. The lowest BCUT2D eigenvalue weighted by Gasteiger charge is -2.28. The van der Waals surface area contributed by atoms with E-state index >= 15 is 0 Å². The molecule has 2 aromatic rings. The number of ether oxygens (including phenoxy) is 2. The maximum absolute atomic E-state index is 12.9. The van der Waals surface area contributed by atoms with Gasteiger partial charge in [-0.2, -0.15) is 5.26 Å². The molecular formula is C20H19N5O4. The minimum absolute atomic E-state index is 0.131. The van der Waals surface area contributed by atoms with Crippen molar-refractivity contribution in [1.29, 1.82) is 5.26 Å². The molecule has 1 saturated heterocycles. The van der Waals surface area contributed by atoms with E-state index < -0.39 is 6.03 Å². The first-order valence-electron chi connectivity index (χ1n) is 9.36. The van der Waals surface area contributed by atoms with Crippen molar-refractivity contribution in [1.82, 2.24) is 9.97 Å². The Balaban J connectivity index is 1.54. The SMILES string of the molecule is N#Cc1cnc(NC(=O)N2CCCc3ccc(C=O)nc32)cc1OC1CCOC1. The molecule has 2 aliphatic rings. The second-order valence-corrected chi connectivity index (χ2v) is 6.80. The monoisotopic (exact) mass is 393 g/mol. The van der Waals surface area contributed by atoms with Crippen LogP contribution >= 0.6 is 0 Å². The van der Waals surface area contributed by atoms with Crippen LogP contribution in [0, 0.1) is 11.3 Å². The van der Waals surface area contributed by atoms with Crippen LogP contribution in [0.4, 0.5) is 16.4 Å². The van der Waals surface area contributed by atoms with Crippen LogP contribution in [-0.4, -0.2) is 48.1 Å². The smallest absolute Gasteiger partial charge is 0.328 e. The van der Waals surface area contributed by atoms with E-state index in [2.05, 4.69) is 15.3 Å². The molecule has 148 valence electrons. The normalized spacial score (nSPS) is 17.9. The number of fused-ring (bicyclic) bond motifs is 1. The first-order chi connectivity index (χ1) is 14.2. The van der Waals surface area contributed by atoms with Gasteiger partial charge in [-0.3, -0.25) is 15.0 Å². The predicted molar refractivity (Wildman–Crippen MR) is 103 cm³/mol. The molecule has 1 atom stereocenters. The van der Waals surface area contributed by atoms with Gasteiger partial charge in [-0.05, 0) is 24.5 Å². The van der Waals surface area contributed by atoms with Gasteiger partial charge < -0.3 is 9.47 Å². The highest BCUT2D eigenvalue weighted by atomic mass is 16.5. The van der Waals surface area contributed by atoms with Crippen molar-refractivity contribution < 1.29 is 19.1 Å². The lowest BCUT2D eigenvalue weighted by molar-refractivity contribution is 0.111. The van der Waals surface area contributed by atoms with Gasteiger partial charge in [0.2, 0.25) is 0 Å². The fourth-order valence-electron chi connectivity index (χ4n) is 3.37. The number of urea groups is 1. The molecule has 0 saturated carbocycles. The number of nitrogens with one attached hydrogen (secondary N) is 1. The summed E-state index contributed by atoms with van der Waals surface area (Å²) in [5, 5.41) is 12.0. The number of carbonyl (C=O) groups is 2. The Hall–Kier alpha value is -3.51. The first kappa shape index (κ1) is 18.8. The van der Waals surface area contributed by atoms with Crippen molar-refractivity contribution in [3.8, 4) is 11.8 Å². The summed E-state index contributed by atoms with van der Waals surface area (Å²) in [6, 6.07) is 6.64. The van der Waals surface area contributed by atoms with E-state index in [1.165, 1.54) is 17.2 Å². The van der Waals surface area contributed by atoms with Gasteiger partial charge in [0.05, 0.1) is 19.4 Å². The van der Waals surface area contributed by atoms with Gasteiger partial charge in [-0.25, -0.2) is 14.8 Å². The number of nitriles is 1. The van der Waals surface area contributed by atoms with Gasteiger partial charge in [0, 0.05) is 19.0 Å². The summed E-state index contributed by atoms with van der Waals surface area (Å²) in [5.74, 6) is 1.10. The lowest BCUT2D eigenvalue weighted by Crippen LogP contribution is -2.39. The van der Waals surface area contributed by atoms with Gasteiger partial charge >= 0.3 is 6.03 Å². The Morgan fingerprint density at radius 3 is 3.10 bits per heavy atom. The summed E-state index contributed by atoms with van der Waals surface area (Å²) in [5.41, 5.74) is 1.47. The highest BCUT2D eigenvalue weighted by molar-refractivity contribution is 6.01. The number of pyridine rings is 2. The molecule has 0 aliphatic carbocycles. The quantitative estimate of drug-likeness (QED) is 0.792.